The number of nitrogens with zero attached hydrogens (tertiary/aromatic N) is 1. The standard InChI is InChI=1S/C13H25N3O/c1-2-16(12-7-9-14-10-8-12)13(17)15-11-5-3-4-6-11/h11-12,14H,2-10H2,1H3,(H,15,17). The predicted molar refractivity (Wildman–Crippen MR) is 69.1 cm³/mol. The highest BCUT2D eigenvalue weighted by Gasteiger charge is 2.26. The topological polar surface area (TPSA) is 44.4 Å². The average Bonchev–Trinajstić information content (AvgIpc) is 2.84. The molecule has 98 valence electrons. The Bertz CT molecular complexity index is 245. The van der Waals surface area contributed by atoms with Gasteiger partial charge in [-0.15, -0.1) is 0 Å². The first kappa shape index (κ1) is 12.7. The molecule has 4 heteroatoms. The van der Waals surface area contributed by atoms with E-state index in [1.165, 1.54) is 12.8 Å². The van der Waals surface area contributed by atoms with Crippen molar-refractivity contribution in [1.29, 1.82) is 0 Å². The Morgan fingerprint density at radius 1 is 1.24 bits per heavy atom. The molecule has 17 heavy (non-hydrogen) atoms. The molecule has 0 bridgehead atoms. The highest BCUT2D eigenvalue weighted by atomic mass is 16.2. The monoisotopic (exact) mass is 239 g/mol. The van der Waals surface area contributed by atoms with Gasteiger partial charge in [0, 0.05) is 18.6 Å². The summed E-state index contributed by atoms with van der Waals surface area (Å²) in [6, 6.07) is 1.02. The summed E-state index contributed by atoms with van der Waals surface area (Å²) in [5.41, 5.74) is 0. The van der Waals surface area contributed by atoms with Gasteiger partial charge in [0.25, 0.3) is 0 Å². The van der Waals surface area contributed by atoms with E-state index in [-0.39, 0.29) is 6.03 Å². The second kappa shape index (κ2) is 6.24. The lowest BCUT2D eigenvalue weighted by atomic mass is 10.1. The number of carbonyl (C=O) groups excluding carboxylic acids is 1. The average molecular weight is 239 g/mol. The van der Waals surface area contributed by atoms with Gasteiger partial charge < -0.3 is 15.5 Å². The maximum atomic E-state index is 12.2. The molecule has 1 heterocycles. The van der Waals surface area contributed by atoms with Crippen LogP contribution in [0.5, 0.6) is 0 Å². The Hall–Kier alpha value is -0.770. The molecule has 0 radical (unpaired) electrons. The number of nitrogens with one attached hydrogen (secondary N) is 2. The molecule has 2 fully saturated rings. The Labute approximate surface area is 104 Å². The van der Waals surface area contributed by atoms with Crippen LogP contribution in [0, 0.1) is 0 Å². The molecule has 2 amide bonds. The second-order valence-corrected chi connectivity index (χ2v) is 5.20. The minimum atomic E-state index is 0.159. The van der Waals surface area contributed by atoms with Crippen molar-refractivity contribution in [2.75, 3.05) is 19.6 Å². The van der Waals surface area contributed by atoms with E-state index >= 15 is 0 Å². The number of piperidine rings is 1. The smallest absolute Gasteiger partial charge is 0.317 e. The Balaban J connectivity index is 1.84. The maximum Gasteiger partial charge on any atom is 0.317 e. The summed E-state index contributed by atoms with van der Waals surface area (Å²) in [5, 5.41) is 6.54. The van der Waals surface area contributed by atoms with Crippen LogP contribution < -0.4 is 10.6 Å². The van der Waals surface area contributed by atoms with Gasteiger partial charge in [-0.05, 0) is 45.7 Å². The first-order chi connectivity index (χ1) is 8.31. The van der Waals surface area contributed by atoms with Crippen molar-refractivity contribution >= 4 is 6.03 Å². The van der Waals surface area contributed by atoms with Crippen molar-refractivity contribution in [3.05, 3.63) is 0 Å². The highest BCUT2D eigenvalue weighted by molar-refractivity contribution is 5.74. The fourth-order valence-corrected chi connectivity index (χ4v) is 3.01. The summed E-state index contributed by atoms with van der Waals surface area (Å²) < 4.78 is 0. The molecule has 2 N–H and O–H groups in total. The molecule has 1 aliphatic heterocycles. The van der Waals surface area contributed by atoms with Gasteiger partial charge in [-0.3, -0.25) is 0 Å². The summed E-state index contributed by atoms with van der Waals surface area (Å²) in [6.45, 7) is 4.98. The van der Waals surface area contributed by atoms with Crippen molar-refractivity contribution in [2.24, 2.45) is 0 Å². The third-order valence-corrected chi connectivity index (χ3v) is 4.03. The Kier molecular flexibility index (Phi) is 4.66. The molecule has 0 aromatic rings. The van der Waals surface area contributed by atoms with Gasteiger partial charge in [-0.25, -0.2) is 4.79 Å². The van der Waals surface area contributed by atoms with Crippen molar-refractivity contribution in [3.8, 4) is 0 Å². The quantitative estimate of drug-likeness (QED) is 0.787. The van der Waals surface area contributed by atoms with Crippen LogP contribution in [0.3, 0.4) is 0 Å². The van der Waals surface area contributed by atoms with Crippen molar-refractivity contribution in [1.82, 2.24) is 15.5 Å². The molecule has 1 saturated carbocycles. The predicted octanol–water partition coefficient (Wildman–Crippen LogP) is 1.71. The van der Waals surface area contributed by atoms with Crippen LogP contribution in [0.15, 0.2) is 0 Å². The summed E-state index contributed by atoms with van der Waals surface area (Å²) in [4.78, 5) is 14.3. The summed E-state index contributed by atoms with van der Waals surface area (Å²) >= 11 is 0. The van der Waals surface area contributed by atoms with E-state index in [9.17, 15) is 4.79 Å². The number of hydrogen-bond acceptors (Lipinski definition) is 2. The van der Waals surface area contributed by atoms with Gasteiger partial charge in [0.1, 0.15) is 0 Å². The molecular formula is C13H25N3O. The van der Waals surface area contributed by atoms with Crippen LogP contribution >= 0.6 is 0 Å². The van der Waals surface area contributed by atoms with Crippen LogP contribution in [0.1, 0.15) is 45.4 Å². The first-order valence-corrected chi connectivity index (χ1v) is 7.09. The Morgan fingerprint density at radius 3 is 2.47 bits per heavy atom. The van der Waals surface area contributed by atoms with E-state index in [1.54, 1.807) is 0 Å². The van der Waals surface area contributed by atoms with Gasteiger partial charge in [-0.1, -0.05) is 12.8 Å². The number of hydrogen-bond donors (Lipinski definition) is 2. The third-order valence-electron chi connectivity index (χ3n) is 4.03. The molecule has 1 saturated heterocycles. The highest BCUT2D eigenvalue weighted by Crippen LogP contribution is 2.19. The molecule has 2 rings (SSSR count). The normalized spacial score (nSPS) is 22.6. The zero-order valence-corrected chi connectivity index (χ0v) is 10.9. The lowest BCUT2D eigenvalue weighted by Crippen LogP contribution is -2.51. The molecule has 0 unspecified atom stereocenters. The second-order valence-electron chi connectivity index (χ2n) is 5.20. The maximum absolute atomic E-state index is 12.2. The van der Waals surface area contributed by atoms with E-state index in [0.29, 0.717) is 12.1 Å². The van der Waals surface area contributed by atoms with Gasteiger partial charge in [-0.2, -0.15) is 0 Å². The number of carbonyl (C=O) groups is 1. The van der Waals surface area contributed by atoms with Gasteiger partial charge in [0.05, 0.1) is 0 Å². The van der Waals surface area contributed by atoms with Crippen LogP contribution in [-0.2, 0) is 0 Å². The lowest BCUT2D eigenvalue weighted by Gasteiger charge is -2.34. The first-order valence-electron chi connectivity index (χ1n) is 7.09. The molecule has 2 aliphatic rings. The largest absolute Gasteiger partial charge is 0.335 e. The zero-order valence-electron chi connectivity index (χ0n) is 10.9. The molecule has 0 atom stereocenters. The van der Waals surface area contributed by atoms with Gasteiger partial charge >= 0.3 is 6.03 Å². The minimum absolute atomic E-state index is 0.159. The Morgan fingerprint density at radius 2 is 1.88 bits per heavy atom. The molecule has 1 aliphatic carbocycles. The van der Waals surface area contributed by atoms with Gasteiger partial charge in [0.15, 0.2) is 0 Å². The molecule has 0 aromatic heterocycles. The van der Waals surface area contributed by atoms with E-state index in [0.717, 1.165) is 45.3 Å². The fraction of sp³-hybridized carbons (Fsp3) is 0.923. The van der Waals surface area contributed by atoms with E-state index < -0.39 is 0 Å². The number of urea groups is 1. The van der Waals surface area contributed by atoms with Crippen LogP contribution in [0.25, 0.3) is 0 Å². The third kappa shape index (κ3) is 3.35. The summed E-state index contributed by atoms with van der Waals surface area (Å²) in [6.07, 6.45) is 7.04. The van der Waals surface area contributed by atoms with Crippen LogP contribution in [0.4, 0.5) is 4.79 Å². The van der Waals surface area contributed by atoms with Crippen molar-refractivity contribution < 1.29 is 4.79 Å². The lowest BCUT2D eigenvalue weighted by molar-refractivity contribution is 0.160. The van der Waals surface area contributed by atoms with E-state index in [4.69, 9.17) is 0 Å². The molecular weight excluding hydrogens is 214 g/mol. The van der Waals surface area contributed by atoms with Crippen molar-refractivity contribution in [2.45, 2.75) is 57.5 Å². The molecule has 0 aromatic carbocycles. The van der Waals surface area contributed by atoms with Crippen LogP contribution in [-0.4, -0.2) is 42.6 Å². The summed E-state index contributed by atoms with van der Waals surface area (Å²) in [7, 11) is 0. The molecule has 0 spiro atoms. The van der Waals surface area contributed by atoms with Gasteiger partial charge in [0.2, 0.25) is 0 Å². The fourth-order valence-electron chi connectivity index (χ4n) is 3.01. The number of amides is 2. The summed E-state index contributed by atoms with van der Waals surface area (Å²) in [5.74, 6) is 0. The zero-order chi connectivity index (χ0) is 12.1. The number of rotatable bonds is 3. The SMILES string of the molecule is CCN(C(=O)NC1CCCC1)C1CCNCC1. The van der Waals surface area contributed by atoms with Crippen LogP contribution in [0.2, 0.25) is 0 Å². The van der Waals surface area contributed by atoms with E-state index in [1.807, 2.05) is 4.90 Å². The minimum Gasteiger partial charge on any atom is -0.335 e. The van der Waals surface area contributed by atoms with E-state index in [2.05, 4.69) is 17.6 Å². The van der Waals surface area contributed by atoms with Crippen molar-refractivity contribution in [3.63, 3.8) is 0 Å². The molecule has 4 nitrogen and oxygen atoms in total.